The number of aryl methyl sites for hydroxylation is 1. The van der Waals surface area contributed by atoms with E-state index in [1.165, 1.54) is 18.4 Å². The van der Waals surface area contributed by atoms with Gasteiger partial charge < -0.3 is 14.8 Å². The minimum atomic E-state index is -0.639. The minimum absolute atomic E-state index is 0.180. The summed E-state index contributed by atoms with van der Waals surface area (Å²) in [6, 6.07) is 15.0. The lowest BCUT2D eigenvalue weighted by molar-refractivity contribution is -0.119. The lowest BCUT2D eigenvalue weighted by Crippen LogP contribution is -2.21. The summed E-state index contributed by atoms with van der Waals surface area (Å²) in [4.78, 5) is 28.5. The Balaban J connectivity index is 1.59. The van der Waals surface area contributed by atoms with Gasteiger partial charge in [0, 0.05) is 10.9 Å². The second-order valence-corrected chi connectivity index (χ2v) is 6.59. The van der Waals surface area contributed by atoms with Gasteiger partial charge >= 0.3 is 5.97 Å². The van der Waals surface area contributed by atoms with Crippen molar-refractivity contribution in [3.8, 4) is 16.3 Å². The van der Waals surface area contributed by atoms with E-state index in [9.17, 15) is 9.59 Å². The van der Waals surface area contributed by atoms with Crippen LogP contribution in [-0.4, -0.2) is 30.6 Å². The van der Waals surface area contributed by atoms with Crippen LogP contribution in [0, 0.1) is 6.92 Å². The molecule has 27 heavy (non-hydrogen) atoms. The van der Waals surface area contributed by atoms with Crippen molar-refractivity contribution in [3.05, 3.63) is 65.2 Å². The summed E-state index contributed by atoms with van der Waals surface area (Å²) < 4.78 is 10.3. The third kappa shape index (κ3) is 4.71. The topological polar surface area (TPSA) is 77.5 Å². The Labute approximate surface area is 160 Å². The molecule has 0 radical (unpaired) electrons. The van der Waals surface area contributed by atoms with Crippen LogP contribution >= 0.6 is 11.3 Å². The number of nitrogens with zero attached hydrogens (tertiary/aromatic N) is 1. The molecule has 1 N–H and O–H groups in total. The number of carbonyl (C=O) groups excluding carboxylic acids is 2. The summed E-state index contributed by atoms with van der Waals surface area (Å²) >= 11 is 1.35. The average Bonchev–Trinajstić information content (AvgIpc) is 3.17. The molecule has 2 aromatic carbocycles. The summed E-state index contributed by atoms with van der Waals surface area (Å²) in [7, 11) is 1.52. The molecule has 0 saturated carbocycles. The molecule has 1 amide bonds. The fraction of sp³-hybridized carbons (Fsp3) is 0.150. The first-order valence-electron chi connectivity index (χ1n) is 8.19. The van der Waals surface area contributed by atoms with Crippen LogP contribution < -0.4 is 10.1 Å². The number of anilines is 1. The molecule has 138 valence electrons. The van der Waals surface area contributed by atoms with E-state index in [0.717, 1.165) is 16.1 Å². The molecular weight excluding hydrogens is 364 g/mol. The van der Waals surface area contributed by atoms with Crippen LogP contribution in [0.4, 0.5) is 5.69 Å². The highest BCUT2D eigenvalue weighted by atomic mass is 32.1. The van der Waals surface area contributed by atoms with Gasteiger partial charge in [-0.05, 0) is 24.6 Å². The molecule has 7 heteroatoms. The van der Waals surface area contributed by atoms with Crippen molar-refractivity contribution in [2.75, 3.05) is 19.0 Å². The van der Waals surface area contributed by atoms with E-state index < -0.39 is 18.5 Å². The SMILES string of the molecule is COc1ccc(C)cc1NC(=O)COC(=O)c1csc(-c2ccccc2)n1. The Kier molecular flexibility index (Phi) is 5.83. The summed E-state index contributed by atoms with van der Waals surface area (Å²) in [5.41, 5.74) is 2.60. The minimum Gasteiger partial charge on any atom is -0.495 e. The third-order valence-corrected chi connectivity index (χ3v) is 4.59. The number of methoxy groups -OCH3 is 1. The van der Waals surface area contributed by atoms with Gasteiger partial charge in [-0.2, -0.15) is 0 Å². The predicted octanol–water partition coefficient (Wildman–Crippen LogP) is 3.92. The van der Waals surface area contributed by atoms with E-state index in [1.807, 2.05) is 43.3 Å². The Morgan fingerprint density at radius 1 is 1.15 bits per heavy atom. The Bertz CT molecular complexity index is 954. The second kappa shape index (κ2) is 8.46. The fourth-order valence-electron chi connectivity index (χ4n) is 2.39. The molecule has 3 aromatic rings. The molecule has 0 aliphatic rings. The monoisotopic (exact) mass is 382 g/mol. The lowest BCUT2D eigenvalue weighted by Gasteiger charge is -2.11. The molecule has 0 bridgehead atoms. The van der Waals surface area contributed by atoms with E-state index in [4.69, 9.17) is 9.47 Å². The molecule has 0 atom stereocenters. The predicted molar refractivity (Wildman–Crippen MR) is 104 cm³/mol. The van der Waals surface area contributed by atoms with Gasteiger partial charge in [-0.3, -0.25) is 4.79 Å². The number of aromatic nitrogens is 1. The number of carbonyl (C=O) groups is 2. The van der Waals surface area contributed by atoms with E-state index in [-0.39, 0.29) is 5.69 Å². The maximum Gasteiger partial charge on any atom is 0.358 e. The number of esters is 1. The zero-order valence-electron chi connectivity index (χ0n) is 14.9. The number of nitrogens with one attached hydrogen (secondary N) is 1. The summed E-state index contributed by atoms with van der Waals surface area (Å²) in [6.07, 6.45) is 0. The molecule has 0 unspecified atom stereocenters. The van der Waals surface area contributed by atoms with E-state index in [0.29, 0.717) is 11.4 Å². The Morgan fingerprint density at radius 3 is 2.67 bits per heavy atom. The average molecular weight is 382 g/mol. The second-order valence-electron chi connectivity index (χ2n) is 5.73. The molecule has 6 nitrogen and oxygen atoms in total. The number of thiazole rings is 1. The van der Waals surface area contributed by atoms with Gasteiger partial charge in [-0.25, -0.2) is 9.78 Å². The van der Waals surface area contributed by atoms with E-state index >= 15 is 0 Å². The number of hydrogen-bond acceptors (Lipinski definition) is 6. The maximum absolute atomic E-state index is 12.1. The number of hydrogen-bond donors (Lipinski definition) is 1. The van der Waals surface area contributed by atoms with Gasteiger partial charge in [-0.1, -0.05) is 36.4 Å². The fourth-order valence-corrected chi connectivity index (χ4v) is 3.19. The van der Waals surface area contributed by atoms with Crippen molar-refractivity contribution in [2.24, 2.45) is 0 Å². The number of benzene rings is 2. The molecule has 0 aliphatic carbocycles. The van der Waals surface area contributed by atoms with Crippen molar-refractivity contribution >= 4 is 28.9 Å². The van der Waals surface area contributed by atoms with Crippen molar-refractivity contribution in [1.29, 1.82) is 0 Å². The number of ether oxygens (including phenoxy) is 2. The molecule has 0 saturated heterocycles. The van der Waals surface area contributed by atoms with E-state index in [1.54, 1.807) is 17.5 Å². The number of amides is 1. The van der Waals surface area contributed by atoms with Gasteiger partial charge in [0.1, 0.15) is 10.8 Å². The smallest absolute Gasteiger partial charge is 0.358 e. The molecule has 1 heterocycles. The van der Waals surface area contributed by atoms with Gasteiger partial charge in [0.15, 0.2) is 12.3 Å². The summed E-state index contributed by atoms with van der Waals surface area (Å²) in [6.45, 7) is 1.50. The molecule has 1 aromatic heterocycles. The highest BCUT2D eigenvalue weighted by Crippen LogP contribution is 2.25. The van der Waals surface area contributed by atoms with E-state index in [2.05, 4.69) is 10.3 Å². The molecule has 0 aliphatic heterocycles. The largest absolute Gasteiger partial charge is 0.495 e. The Hall–Kier alpha value is -3.19. The Morgan fingerprint density at radius 2 is 1.93 bits per heavy atom. The summed E-state index contributed by atoms with van der Waals surface area (Å²) in [5, 5.41) is 5.02. The van der Waals surface area contributed by atoms with Crippen LogP contribution in [0.3, 0.4) is 0 Å². The van der Waals surface area contributed by atoms with Crippen LogP contribution in [-0.2, 0) is 9.53 Å². The van der Waals surface area contributed by atoms with Crippen LogP contribution in [0.25, 0.3) is 10.6 Å². The van der Waals surface area contributed by atoms with Crippen LogP contribution in [0.1, 0.15) is 16.1 Å². The first-order valence-corrected chi connectivity index (χ1v) is 9.07. The summed E-state index contributed by atoms with van der Waals surface area (Å²) in [5.74, 6) is -0.558. The first-order chi connectivity index (χ1) is 13.1. The maximum atomic E-state index is 12.1. The number of rotatable bonds is 6. The highest BCUT2D eigenvalue weighted by molar-refractivity contribution is 7.13. The van der Waals surface area contributed by atoms with Gasteiger partial charge in [0.2, 0.25) is 0 Å². The quantitative estimate of drug-likeness (QED) is 0.654. The van der Waals surface area contributed by atoms with Gasteiger partial charge in [-0.15, -0.1) is 11.3 Å². The molecular formula is C20H18N2O4S. The van der Waals surface area contributed by atoms with Crippen LogP contribution in [0.5, 0.6) is 5.75 Å². The molecule has 0 fully saturated rings. The standard InChI is InChI=1S/C20H18N2O4S/c1-13-8-9-17(25-2)15(10-13)21-18(23)11-26-20(24)16-12-27-19(22-16)14-6-4-3-5-7-14/h3-10,12H,11H2,1-2H3,(H,21,23). The third-order valence-electron chi connectivity index (χ3n) is 3.70. The van der Waals surface area contributed by atoms with Crippen molar-refractivity contribution in [2.45, 2.75) is 6.92 Å². The molecule has 3 rings (SSSR count). The van der Waals surface area contributed by atoms with Gasteiger partial charge in [0.25, 0.3) is 5.91 Å². The van der Waals surface area contributed by atoms with Crippen molar-refractivity contribution in [3.63, 3.8) is 0 Å². The normalized spacial score (nSPS) is 10.3. The zero-order chi connectivity index (χ0) is 19.2. The lowest BCUT2D eigenvalue weighted by atomic mass is 10.2. The van der Waals surface area contributed by atoms with Crippen LogP contribution in [0.2, 0.25) is 0 Å². The van der Waals surface area contributed by atoms with Crippen molar-refractivity contribution < 1.29 is 19.1 Å². The zero-order valence-corrected chi connectivity index (χ0v) is 15.7. The molecule has 0 spiro atoms. The van der Waals surface area contributed by atoms with Crippen LogP contribution in [0.15, 0.2) is 53.9 Å². The van der Waals surface area contributed by atoms with Gasteiger partial charge in [0.05, 0.1) is 12.8 Å². The highest BCUT2D eigenvalue weighted by Gasteiger charge is 2.15. The first kappa shape index (κ1) is 18.6. The van der Waals surface area contributed by atoms with Crippen molar-refractivity contribution in [1.82, 2.24) is 4.98 Å².